The van der Waals surface area contributed by atoms with Crippen molar-refractivity contribution >= 4 is 21.6 Å². The summed E-state index contributed by atoms with van der Waals surface area (Å²) in [4.78, 5) is 12.8. The van der Waals surface area contributed by atoms with Crippen LogP contribution in [0.1, 0.15) is 50.4 Å². The van der Waals surface area contributed by atoms with Crippen molar-refractivity contribution in [3.8, 4) is 5.75 Å². The standard InChI is InChI=1S/C21H28N2O4S/c1-4-6-15-27-20-10-8-7-9-19(20)21(24)22-17-11-13-18(14-12-17)28(25,26)23-16(3)5-2/h7-14,16,23H,4-6,15H2,1-3H3,(H,22,24). The van der Waals surface area contributed by atoms with Crippen molar-refractivity contribution in [2.75, 3.05) is 11.9 Å². The van der Waals surface area contributed by atoms with Crippen LogP contribution in [0.3, 0.4) is 0 Å². The van der Waals surface area contributed by atoms with Crippen LogP contribution in [0.5, 0.6) is 5.75 Å². The molecule has 0 fully saturated rings. The first kappa shape index (κ1) is 21.9. The van der Waals surface area contributed by atoms with Crippen molar-refractivity contribution in [3.05, 3.63) is 54.1 Å². The van der Waals surface area contributed by atoms with Crippen LogP contribution in [0.4, 0.5) is 5.69 Å². The summed E-state index contributed by atoms with van der Waals surface area (Å²) in [5.74, 6) is 0.228. The van der Waals surface area contributed by atoms with Gasteiger partial charge in [-0.25, -0.2) is 13.1 Å². The maximum Gasteiger partial charge on any atom is 0.259 e. The molecule has 0 aliphatic rings. The van der Waals surface area contributed by atoms with Crippen molar-refractivity contribution in [2.24, 2.45) is 0 Å². The van der Waals surface area contributed by atoms with E-state index in [-0.39, 0.29) is 16.8 Å². The van der Waals surface area contributed by atoms with Crippen molar-refractivity contribution < 1.29 is 17.9 Å². The van der Waals surface area contributed by atoms with Crippen LogP contribution in [0, 0.1) is 0 Å². The second-order valence-electron chi connectivity index (χ2n) is 6.61. The Bertz CT molecular complexity index is 880. The maximum atomic E-state index is 12.6. The predicted molar refractivity (Wildman–Crippen MR) is 111 cm³/mol. The summed E-state index contributed by atoms with van der Waals surface area (Å²) in [6.07, 6.45) is 2.62. The van der Waals surface area contributed by atoms with E-state index in [1.807, 2.05) is 19.9 Å². The van der Waals surface area contributed by atoms with E-state index in [0.717, 1.165) is 12.8 Å². The summed E-state index contributed by atoms with van der Waals surface area (Å²) in [6.45, 7) is 6.35. The summed E-state index contributed by atoms with van der Waals surface area (Å²) in [5.41, 5.74) is 0.949. The van der Waals surface area contributed by atoms with E-state index >= 15 is 0 Å². The van der Waals surface area contributed by atoms with Crippen LogP contribution in [0.15, 0.2) is 53.4 Å². The van der Waals surface area contributed by atoms with E-state index < -0.39 is 10.0 Å². The lowest BCUT2D eigenvalue weighted by Gasteiger charge is -2.13. The number of carbonyl (C=O) groups is 1. The van der Waals surface area contributed by atoms with E-state index in [9.17, 15) is 13.2 Å². The number of nitrogens with one attached hydrogen (secondary N) is 2. The Hall–Kier alpha value is -2.38. The zero-order valence-electron chi connectivity index (χ0n) is 16.6. The van der Waals surface area contributed by atoms with Gasteiger partial charge < -0.3 is 10.1 Å². The molecule has 2 N–H and O–H groups in total. The third-order valence-electron chi connectivity index (χ3n) is 4.28. The second-order valence-corrected chi connectivity index (χ2v) is 8.32. The smallest absolute Gasteiger partial charge is 0.259 e. The fraction of sp³-hybridized carbons (Fsp3) is 0.381. The quantitative estimate of drug-likeness (QED) is 0.582. The molecule has 0 saturated heterocycles. The minimum Gasteiger partial charge on any atom is -0.493 e. The molecule has 1 amide bonds. The van der Waals surface area contributed by atoms with E-state index in [1.54, 1.807) is 30.3 Å². The third-order valence-corrected chi connectivity index (χ3v) is 5.88. The first-order valence-electron chi connectivity index (χ1n) is 9.53. The summed E-state index contributed by atoms with van der Waals surface area (Å²) in [6, 6.07) is 13.0. The number of para-hydroxylation sites is 1. The highest BCUT2D eigenvalue weighted by Gasteiger charge is 2.17. The molecule has 1 unspecified atom stereocenters. The number of anilines is 1. The fourth-order valence-corrected chi connectivity index (χ4v) is 3.77. The van der Waals surface area contributed by atoms with E-state index in [2.05, 4.69) is 17.0 Å². The van der Waals surface area contributed by atoms with Crippen LogP contribution < -0.4 is 14.8 Å². The predicted octanol–water partition coefficient (Wildman–Crippen LogP) is 4.19. The van der Waals surface area contributed by atoms with Crippen LogP contribution in [-0.4, -0.2) is 27.0 Å². The average Bonchev–Trinajstić information content (AvgIpc) is 2.68. The van der Waals surface area contributed by atoms with E-state index in [0.29, 0.717) is 30.0 Å². The Balaban J connectivity index is 2.09. The van der Waals surface area contributed by atoms with Crippen molar-refractivity contribution in [1.82, 2.24) is 4.72 Å². The highest BCUT2D eigenvalue weighted by Crippen LogP contribution is 2.21. The Morgan fingerprint density at radius 3 is 2.39 bits per heavy atom. The maximum absolute atomic E-state index is 12.6. The number of hydrogen-bond acceptors (Lipinski definition) is 4. The Morgan fingerprint density at radius 2 is 1.75 bits per heavy atom. The highest BCUT2D eigenvalue weighted by atomic mass is 32.2. The molecule has 6 nitrogen and oxygen atoms in total. The van der Waals surface area contributed by atoms with Gasteiger partial charge in [0, 0.05) is 11.7 Å². The Morgan fingerprint density at radius 1 is 1.07 bits per heavy atom. The van der Waals surface area contributed by atoms with Crippen LogP contribution >= 0.6 is 0 Å². The number of hydrogen-bond donors (Lipinski definition) is 2. The largest absolute Gasteiger partial charge is 0.493 e. The molecule has 0 heterocycles. The van der Waals surface area contributed by atoms with Gasteiger partial charge in [-0.1, -0.05) is 32.4 Å². The third kappa shape index (κ3) is 6.07. The van der Waals surface area contributed by atoms with Gasteiger partial charge in [-0.2, -0.15) is 0 Å². The van der Waals surface area contributed by atoms with Crippen molar-refractivity contribution in [3.63, 3.8) is 0 Å². The van der Waals surface area contributed by atoms with Crippen LogP contribution in [0.25, 0.3) is 0 Å². The summed E-state index contributed by atoms with van der Waals surface area (Å²) >= 11 is 0. The lowest BCUT2D eigenvalue weighted by atomic mass is 10.2. The number of rotatable bonds is 10. The molecular weight excluding hydrogens is 376 g/mol. The summed E-state index contributed by atoms with van der Waals surface area (Å²) in [7, 11) is -3.57. The van der Waals surface area contributed by atoms with Gasteiger partial charge in [0.05, 0.1) is 17.1 Å². The van der Waals surface area contributed by atoms with Crippen LogP contribution in [0.2, 0.25) is 0 Å². The molecule has 28 heavy (non-hydrogen) atoms. The second kappa shape index (κ2) is 10.2. The van der Waals surface area contributed by atoms with Gasteiger partial charge >= 0.3 is 0 Å². The number of unbranched alkanes of at least 4 members (excludes halogenated alkanes) is 1. The molecule has 7 heteroatoms. The lowest BCUT2D eigenvalue weighted by Crippen LogP contribution is -2.31. The number of carbonyl (C=O) groups excluding carboxylic acids is 1. The van der Waals surface area contributed by atoms with Gasteiger partial charge in [0.2, 0.25) is 10.0 Å². The minimum absolute atomic E-state index is 0.145. The molecule has 1 atom stereocenters. The normalized spacial score (nSPS) is 12.4. The average molecular weight is 405 g/mol. The fourth-order valence-electron chi connectivity index (χ4n) is 2.44. The number of sulfonamides is 1. The molecule has 0 bridgehead atoms. The first-order valence-corrected chi connectivity index (χ1v) is 11.0. The molecule has 0 aliphatic heterocycles. The highest BCUT2D eigenvalue weighted by molar-refractivity contribution is 7.89. The molecule has 2 rings (SSSR count). The van der Waals surface area contributed by atoms with Gasteiger partial charge in [-0.15, -0.1) is 0 Å². The van der Waals surface area contributed by atoms with Crippen LogP contribution in [-0.2, 0) is 10.0 Å². The topological polar surface area (TPSA) is 84.5 Å². The Labute approximate surface area is 167 Å². The molecular formula is C21H28N2O4S. The first-order chi connectivity index (χ1) is 13.4. The molecule has 0 radical (unpaired) electrons. The zero-order chi connectivity index (χ0) is 20.6. The van der Waals surface area contributed by atoms with Gasteiger partial charge in [-0.3, -0.25) is 4.79 Å². The SMILES string of the molecule is CCCCOc1ccccc1C(=O)Nc1ccc(S(=O)(=O)NC(C)CC)cc1. The molecule has 0 spiro atoms. The minimum atomic E-state index is -3.57. The molecule has 152 valence electrons. The number of ether oxygens (including phenoxy) is 1. The number of benzene rings is 2. The molecule has 0 aromatic heterocycles. The van der Waals surface area contributed by atoms with Gasteiger partial charge in [-0.05, 0) is 56.2 Å². The zero-order valence-corrected chi connectivity index (χ0v) is 17.4. The van der Waals surface area contributed by atoms with Gasteiger partial charge in [0.1, 0.15) is 5.75 Å². The molecule has 0 aliphatic carbocycles. The van der Waals surface area contributed by atoms with Gasteiger partial charge in [0.15, 0.2) is 0 Å². The van der Waals surface area contributed by atoms with Crippen molar-refractivity contribution in [2.45, 2.75) is 51.0 Å². The summed E-state index contributed by atoms with van der Waals surface area (Å²) in [5, 5.41) is 2.79. The molecule has 0 saturated carbocycles. The lowest BCUT2D eigenvalue weighted by molar-refractivity contribution is 0.102. The molecule has 2 aromatic carbocycles. The number of amides is 1. The van der Waals surface area contributed by atoms with Gasteiger partial charge in [0.25, 0.3) is 5.91 Å². The molecule has 2 aromatic rings. The Kier molecular flexibility index (Phi) is 8.02. The van der Waals surface area contributed by atoms with E-state index in [1.165, 1.54) is 12.1 Å². The van der Waals surface area contributed by atoms with E-state index in [4.69, 9.17) is 4.74 Å². The summed E-state index contributed by atoms with van der Waals surface area (Å²) < 4.78 is 32.9. The van der Waals surface area contributed by atoms with Crippen molar-refractivity contribution in [1.29, 1.82) is 0 Å². The monoisotopic (exact) mass is 404 g/mol.